The van der Waals surface area contributed by atoms with Gasteiger partial charge in [-0.05, 0) is 80.4 Å². The zero-order valence-corrected chi connectivity index (χ0v) is 17.5. The molecular formula is C25H28O4. The van der Waals surface area contributed by atoms with Crippen molar-refractivity contribution in [3.05, 3.63) is 70.4 Å². The van der Waals surface area contributed by atoms with Gasteiger partial charge in [-0.2, -0.15) is 0 Å². The Kier molecular flexibility index (Phi) is 7.38. The quantitative estimate of drug-likeness (QED) is 0.361. The molecule has 2 aliphatic rings. The van der Waals surface area contributed by atoms with Gasteiger partial charge in [-0.25, -0.2) is 0 Å². The monoisotopic (exact) mass is 392 g/mol. The average Bonchev–Trinajstić information content (AvgIpc) is 2.71. The first-order valence-electron chi connectivity index (χ1n) is 9.88. The lowest BCUT2D eigenvalue weighted by molar-refractivity contribution is -0.127. The number of Topliss-reactive ketones (excluding diaryl/α,β-unsaturated/α-hetero) is 1. The second-order valence-corrected chi connectivity index (χ2v) is 8.05. The molecule has 2 aliphatic carbocycles. The highest BCUT2D eigenvalue weighted by Gasteiger charge is 2.27. The van der Waals surface area contributed by atoms with Crippen LogP contribution < -0.4 is 0 Å². The van der Waals surface area contributed by atoms with E-state index < -0.39 is 11.2 Å². The molecule has 0 spiro atoms. The number of carbonyl (C=O) groups excluding carboxylic acids is 4. The van der Waals surface area contributed by atoms with Crippen molar-refractivity contribution in [3.63, 3.8) is 0 Å². The van der Waals surface area contributed by atoms with E-state index in [-0.39, 0.29) is 11.7 Å². The molecule has 152 valence electrons. The number of rotatable bonds is 7. The minimum atomic E-state index is -0.593. The van der Waals surface area contributed by atoms with Gasteiger partial charge < -0.3 is 4.79 Å². The number of carbonyl (C=O) groups is 4. The first-order valence-corrected chi connectivity index (χ1v) is 9.88. The minimum absolute atomic E-state index is 0.107. The summed E-state index contributed by atoms with van der Waals surface area (Å²) in [5.41, 5.74) is 2.82. The molecular weight excluding hydrogens is 364 g/mol. The smallest absolute Gasteiger partial charge is 0.221 e. The Morgan fingerprint density at radius 2 is 1.83 bits per heavy atom. The standard InChI is InChI=1S/C25H28O4/c1-17-8-5-6-10-21(17)22(12-19(3)24(29)15-26)18(2)13-23(28)20-9-7-11-25(4,14-20)16-27/h5-6,8,10,12-17H,7,9,11H2,1-4H3/b18-13-,19-12+,22-21+. The molecule has 0 aromatic carbocycles. The van der Waals surface area contributed by atoms with Crippen molar-refractivity contribution in [3.8, 4) is 0 Å². The van der Waals surface area contributed by atoms with Crippen molar-refractivity contribution >= 4 is 24.1 Å². The molecule has 0 N–H and O–H groups in total. The van der Waals surface area contributed by atoms with Gasteiger partial charge in [-0.1, -0.05) is 37.3 Å². The summed E-state index contributed by atoms with van der Waals surface area (Å²) in [6.45, 7) is 7.30. The fourth-order valence-corrected chi connectivity index (χ4v) is 3.64. The van der Waals surface area contributed by atoms with Crippen molar-refractivity contribution < 1.29 is 19.2 Å². The Morgan fingerprint density at radius 3 is 2.45 bits per heavy atom. The van der Waals surface area contributed by atoms with Crippen LogP contribution >= 0.6 is 0 Å². The second-order valence-electron chi connectivity index (χ2n) is 8.05. The lowest BCUT2D eigenvalue weighted by Gasteiger charge is -2.25. The van der Waals surface area contributed by atoms with E-state index in [9.17, 15) is 19.2 Å². The highest BCUT2D eigenvalue weighted by Crippen LogP contribution is 2.33. The van der Waals surface area contributed by atoms with Crippen molar-refractivity contribution in [1.82, 2.24) is 0 Å². The molecule has 2 unspecified atom stereocenters. The van der Waals surface area contributed by atoms with Gasteiger partial charge in [0.15, 0.2) is 12.1 Å². The molecule has 4 nitrogen and oxygen atoms in total. The van der Waals surface area contributed by atoms with E-state index in [1.165, 1.54) is 0 Å². The van der Waals surface area contributed by atoms with E-state index in [0.717, 1.165) is 30.3 Å². The van der Waals surface area contributed by atoms with E-state index in [0.29, 0.717) is 29.4 Å². The molecule has 0 saturated carbocycles. The molecule has 2 rings (SSSR count). The van der Waals surface area contributed by atoms with Gasteiger partial charge >= 0.3 is 0 Å². The summed E-state index contributed by atoms with van der Waals surface area (Å²) in [6, 6.07) is 0. The zero-order valence-electron chi connectivity index (χ0n) is 17.5. The molecule has 0 fully saturated rings. The fourth-order valence-electron chi connectivity index (χ4n) is 3.64. The molecule has 0 heterocycles. The van der Waals surface area contributed by atoms with Crippen LogP contribution in [0.1, 0.15) is 47.0 Å². The van der Waals surface area contributed by atoms with E-state index in [1.54, 1.807) is 25.2 Å². The van der Waals surface area contributed by atoms with Crippen LogP contribution in [0.2, 0.25) is 0 Å². The highest BCUT2D eigenvalue weighted by molar-refractivity contribution is 6.32. The van der Waals surface area contributed by atoms with E-state index >= 15 is 0 Å². The molecule has 0 aromatic rings. The second kappa shape index (κ2) is 9.55. The predicted molar refractivity (Wildman–Crippen MR) is 114 cm³/mol. The summed E-state index contributed by atoms with van der Waals surface area (Å²) in [5.74, 6) is -0.595. The molecule has 0 aliphatic heterocycles. The van der Waals surface area contributed by atoms with Gasteiger partial charge in [0.1, 0.15) is 6.29 Å². The van der Waals surface area contributed by atoms with Crippen molar-refractivity contribution in [2.24, 2.45) is 11.3 Å². The topological polar surface area (TPSA) is 68.3 Å². The van der Waals surface area contributed by atoms with Gasteiger partial charge in [0.05, 0.1) is 0 Å². The van der Waals surface area contributed by atoms with E-state index in [1.807, 2.05) is 45.1 Å². The average molecular weight is 392 g/mol. The highest BCUT2D eigenvalue weighted by atomic mass is 16.2. The summed E-state index contributed by atoms with van der Waals surface area (Å²) in [4.78, 5) is 46.9. The molecule has 0 amide bonds. The van der Waals surface area contributed by atoms with Crippen molar-refractivity contribution in [2.45, 2.75) is 47.0 Å². The van der Waals surface area contributed by atoms with Crippen molar-refractivity contribution in [2.75, 3.05) is 0 Å². The lowest BCUT2D eigenvalue weighted by Crippen LogP contribution is -2.21. The van der Waals surface area contributed by atoms with Gasteiger partial charge in [0, 0.05) is 11.0 Å². The summed E-state index contributed by atoms with van der Waals surface area (Å²) in [7, 11) is 0. The summed E-state index contributed by atoms with van der Waals surface area (Å²) in [6.07, 6.45) is 16.3. The largest absolute Gasteiger partial charge is 0.302 e. The van der Waals surface area contributed by atoms with Gasteiger partial charge in [-0.3, -0.25) is 14.4 Å². The Bertz CT molecular complexity index is 905. The minimum Gasteiger partial charge on any atom is -0.302 e. The normalized spacial score (nSPS) is 26.6. The SMILES string of the molecule is CC(=C/C(=O)C1=CC(C)(C=O)CCC1)/C(/C=C(\C)C(=O)C=O)=C1\C=CC=CC1C. The number of allylic oxidation sites excluding steroid dienone is 12. The van der Waals surface area contributed by atoms with Gasteiger partial charge in [0.25, 0.3) is 0 Å². The zero-order chi connectivity index (χ0) is 21.6. The van der Waals surface area contributed by atoms with Gasteiger partial charge in [0.2, 0.25) is 5.78 Å². The lowest BCUT2D eigenvalue weighted by atomic mass is 9.78. The van der Waals surface area contributed by atoms with Crippen LogP contribution in [0.15, 0.2) is 70.4 Å². The maximum absolute atomic E-state index is 12.9. The van der Waals surface area contributed by atoms with Crippen LogP contribution in [0.3, 0.4) is 0 Å². The molecule has 0 aromatic heterocycles. The number of aldehydes is 2. The predicted octanol–water partition coefficient (Wildman–Crippen LogP) is 4.59. The number of hydrogen-bond acceptors (Lipinski definition) is 4. The summed E-state index contributed by atoms with van der Waals surface area (Å²) >= 11 is 0. The first-order chi connectivity index (χ1) is 13.7. The Balaban J connectivity index is 2.50. The molecule has 4 heteroatoms. The van der Waals surface area contributed by atoms with Crippen molar-refractivity contribution in [1.29, 1.82) is 0 Å². The maximum atomic E-state index is 12.9. The Hall–Kier alpha value is -2.88. The summed E-state index contributed by atoms with van der Waals surface area (Å²) in [5, 5.41) is 0. The maximum Gasteiger partial charge on any atom is 0.221 e. The fraction of sp³-hybridized carbons (Fsp3) is 0.360. The third kappa shape index (κ3) is 5.57. The molecule has 29 heavy (non-hydrogen) atoms. The first kappa shape index (κ1) is 22.4. The molecule has 0 saturated heterocycles. The molecule has 0 radical (unpaired) electrons. The number of hydrogen-bond donors (Lipinski definition) is 0. The Labute approximate surface area is 172 Å². The van der Waals surface area contributed by atoms with Crippen LogP contribution in [0.25, 0.3) is 0 Å². The Morgan fingerprint density at radius 1 is 1.10 bits per heavy atom. The van der Waals surface area contributed by atoms with Crippen LogP contribution in [0.5, 0.6) is 0 Å². The van der Waals surface area contributed by atoms with E-state index in [2.05, 4.69) is 0 Å². The molecule has 0 bridgehead atoms. The third-order valence-electron chi connectivity index (χ3n) is 5.47. The van der Waals surface area contributed by atoms with E-state index in [4.69, 9.17) is 0 Å². The van der Waals surface area contributed by atoms with Crippen LogP contribution in [0.4, 0.5) is 0 Å². The van der Waals surface area contributed by atoms with Crippen LogP contribution in [-0.2, 0) is 19.2 Å². The van der Waals surface area contributed by atoms with Crippen LogP contribution in [-0.4, -0.2) is 24.1 Å². The molecule has 2 atom stereocenters. The van der Waals surface area contributed by atoms with Crippen LogP contribution in [0, 0.1) is 11.3 Å². The summed E-state index contributed by atoms with van der Waals surface area (Å²) < 4.78 is 0. The van der Waals surface area contributed by atoms with Gasteiger partial charge in [-0.15, -0.1) is 0 Å². The third-order valence-corrected chi connectivity index (χ3v) is 5.47. The number of ketones is 2.